The van der Waals surface area contributed by atoms with Gasteiger partial charge in [-0.1, -0.05) is 11.6 Å². The Hall–Kier alpha value is -0.140. The summed E-state index contributed by atoms with van der Waals surface area (Å²) in [5.41, 5.74) is 1.24. The molecule has 4 nitrogen and oxygen atoms in total. The lowest BCUT2D eigenvalue weighted by Gasteiger charge is -2.15. The van der Waals surface area contributed by atoms with Gasteiger partial charge in [0.15, 0.2) is 0 Å². The van der Waals surface area contributed by atoms with Crippen molar-refractivity contribution in [3.63, 3.8) is 0 Å². The van der Waals surface area contributed by atoms with Gasteiger partial charge in [0, 0.05) is 31.6 Å². The second kappa shape index (κ2) is 5.46. The van der Waals surface area contributed by atoms with E-state index in [0.717, 1.165) is 17.2 Å². The highest BCUT2D eigenvalue weighted by molar-refractivity contribution is 7.89. The molecule has 0 saturated carbocycles. The van der Waals surface area contributed by atoms with Gasteiger partial charge in [-0.3, -0.25) is 0 Å². The van der Waals surface area contributed by atoms with Crippen molar-refractivity contribution >= 4 is 33.0 Å². The molecule has 2 rings (SSSR count). The van der Waals surface area contributed by atoms with E-state index in [9.17, 15) is 8.42 Å². The van der Waals surface area contributed by atoms with Crippen molar-refractivity contribution in [3.8, 4) is 0 Å². The zero-order valence-electron chi connectivity index (χ0n) is 10.4. The summed E-state index contributed by atoms with van der Waals surface area (Å²) in [6.45, 7) is 0.470. The van der Waals surface area contributed by atoms with E-state index in [1.54, 1.807) is 25.4 Å². The van der Waals surface area contributed by atoms with Crippen molar-refractivity contribution in [1.29, 1.82) is 0 Å². The maximum atomic E-state index is 11.6. The van der Waals surface area contributed by atoms with Gasteiger partial charge in [0.25, 0.3) is 0 Å². The van der Waals surface area contributed by atoms with E-state index in [1.807, 2.05) is 6.07 Å². The van der Waals surface area contributed by atoms with Gasteiger partial charge in [0.1, 0.15) is 0 Å². The summed E-state index contributed by atoms with van der Waals surface area (Å²) in [6.07, 6.45) is 2.06. The molecular weight excluding hydrogens is 292 g/mol. The summed E-state index contributed by atoms with van der Waals surface area (Å²) < 4.78 is 25.3. The number of hydrogen-bond acceptors (Lipinski definition) is 4. The van der Waals surface area contributed by atoms with E-state index >= 15 is 0 Å². The number of thiophene rings is 1. The third-order valence-electron chi connectivity index (χ3n) is 3.15. The maximum absolute atomic E-state index is 11.6. The van der Waals surface area contributed by atoms with Crippen molar-refractivity contribution in [1.82, 2.24) is 9.62 Å². The van der Waals surface area contributed by atoms with E-state index < -0.39 is 10.0 Å². The number of fused-ring (bicyclic) bond motifs is 1. The van der Waals surface area contributed by atoms with Gasteiger partial charge in [0.2, 0.25) is 10.0 Å². The summed E-state index contributed by atoms with van der Waals surface area (Å²) in [4.78, 5) is 1.33. The molecule has 18 heavy (non-hydrogen) atoms. The average molecular weight is 309 g/mol. The molecule has 0 aliphatic heterocycles. The van der Waals surface area contributed by atoms with Gasteiger partial charge in [-0.15, -0.1) is 11.3 Å². The number of rotatable bonds is 5. The van der Waals surface area contributed by atoms with E-state index in [4.69, 9.17) is 11.6 Å². The summed E-state index contributed by atoms with van der Waals surface area (Å²) in [5, 5.41) is 3.30. The lowest BCUT2D eigenvalue weighted by Crippen LogP contribution is -2.32. The lowest BCUT2D eigenvalue weighted by atomic mass is 10.2. The lowest BCUT2D eigenvalue weighted by molar-refractivity contribution is 0.506. The fraction of sp³-hybridized carbons (Fsp3) is 0.636. The molecule has 0 saturated heterocycles. The fourth-order valence-corrected chi connectivity index (χ4v) is 4.18. The minimum absolute atomic E-state index is 0.129. The molecule has 1 aromatic rings. The van der Waals surface area contributed by atoms with Crippen molar-refractivity contribution in [3.05, 3.63) is 20.8 Å². The monoisotopic (exact) mass is 308 g/mol. The van der Waals surface area contributed by atoms with Crippen LogP contribution in [0.15, 0.2) is 6.07 Å². The van der Waals surface area contributed by atoms with Gasteiger partial charge >= 0.3 is 0 Å². The van der Waals surface area contributed by atoms with Crippen molar-refractivity contribution < 1.29 is 8.42 Å². The standard InChI is InChI=1S/C11H17ClN2O2S2/c1-14(2)18(15,16)6-5-13-9-3-4-10-8(9)7-11(12)17-10/h7,9,13H,3-6H2,1-2H3. The first kappa shape index (κ1) is 14.3. The third kappa shape index (κ3) is 3.05. The number of aryl methyl sites for hydroxylation is 1. The largest absolute Gasteiger partial charge is 0.309 e. The van der Waals surface area contributed by atoms with Crippen LogP contribution in [0.4, 0.5) is 0 Å². The second-order valence-electron chi connectivity index (χ2n) is 4.57. The van der Waals surface area contributed by atoms with Crippen LogP contribution < -0.4 is 5.32 Å². The molecule has 1 aliphatic rings. The van der Waals surface area contributed by atoms with Gasteiger partial charge in [0.05, 0.1) is 10.1 Å². The topological polar surface area (TPSA) is 49.4 Å². The second-order valence-corrected chi connectivity index (χ2v) is 8.64. The van der Waals surface area contributed by atoms with Gasteiger partial charge in [-0.05, 0) is 24.5 Å². The number of hydrogen-bond donors (Lipinski definition) is 1. The molecule has 1 heterocycles. The van der Waals surface area contributed by atoms with E-state index in [0.29, 0.717) is 6.54 Å². The zero-order valence-corrected chi connectivity index (χ0v) is 12.8. The van der Waals surface area contributed by atoms with Gasteiger partial charge in [-0.2, -0.15) is 0 Å². The highest BCUT2D eigenvalue weighted by Crippen LogP contribution is 2.39. The van der Waals surface area contributed by atoms with Crippen LogP contribution in [0.2, 0.25) is 4.34 Å². The molecule has 7 heteroatoms. The highest BCUT2D eigenvalue weighted by Gasteiger charge is 2.25. The number of sulfonamides is 1. The predicted octanol–water partition coefficient (Wildman–Crippen LogP) is 1.87. The van der Waals surface area contributed by atoms with Crippen LogP contribution in [0.25, 0.3) is 0 Å². The highest BCUT2D eigenvalue weighted by atomic mass is 35.5. The van der Waals surface area contributed by atoms with Crippen molar-refractivity contribution in [2.24, 2.45) is 0 Å². The molecule has 0 aromatic carbocycles. The molecule has 1 N–H and O–H groups in total. The third-order valence-corrected chi connectivity index (χ3v) is 6.33. The Morgan fingerprint density at radius 2 is 2.28 bits per heavy atom. The molecule has 0 amide bonds. The quantitative estimate of drug-likeness (QED) is 0.903. The van der Waals surface area contributed by atoms with Crippen LogP contribution in [0.3, 0.4) is 0 Å². The zero-order chi connectivity index (χ0) is 13.3. The van der Waals surface area contributed by atoms with Gasteiger partial charge in [-0.25, -0.2) is 12.7 Å². The molecular formula is C11H17ClN2O2S2. The summed E-state index contributed by atoms with van der Waals surface area (Å²) in [6, 6.07) is 2.24. The first-order chi connectivity index (χ1) is 8.40. The van der Waals surface area contributed by atoms with Crippen LogP contribution in [0.5, 0.6) is 0 Å². The van der Waals surface area contributed by atoms with E-state index in [2.05, 4.69) is 5.32 Å². The van der Waals surface area contributed by atoms with E-state index in [1.165, 1.54) is 14.7 Å². The molecule has 0 radical (unpaired) electrons. The van der Waals surface area contributed by atoms with Crippen LogP contribution in [0, 0.1) is 0 Å². The normalized spacial score (nSPS) is 19.4. The summed E-state index contributed by atoms with van der Waals surface area (Å²) in [7, 11) is -0.000286. The Morgan fingerprint density at radius 1 is 1.56 bits per heavy atom. The number of nitrogens with one attached hydrogen (secondary N) is 1. The van der Waals surface area contributed by atoms with Crippen molar-refractivity contribution in [2.75, 3.05) is 26.4 Å². The first-order valence-corrected chi connectivity index (χ1v) is 8.62. The minimum atomic E-state index is -3.11. The van der Waals surface area contributed by atoms with Gasteiger partial charge < -0.3 is 5.32 Å². The molecule has 0 fully saturated rings. The van der Waals surface area contributed by atoms with Crippen LogP contribution in [-0.2, 0) is 16.4 Å². The first-order valence-electron chi connectivity index (χ1n) is 5.82. The Balaban J connectivity index is 1.90. The average Bonchev–Trinajstić information content (AvgIpc) is 2.78. The number of nitrogens with zero attached hydrogens (tertiary/aromatic N) is 1. The molecule has 1 aromatic heterocycles. The fourth-order valence-electron chi connectivity index (χ4n) is 2.09. The minimum Gasteiger partial charge on any atom is -0.309 e. The summed E-state index contributed by atoms with van der Waals surface area (Å²) >= 11 is 7.60. The Kier molecular flexibility index (Phi) is 4.33. The van der Waals surface area contributed by atoms with E-state index in [-0.39, 0.29) is 11.8 Å². The molecule has 1 atom stereocenters. The SMILES string of the molecule is CN(C)S(=O)(=O)CCNC1CCc2sc(Cl)cc21. The Labute approximate surface area is 117 Å². The van der Waals surface area contributed by atoms with Crippen LogP contribution in [-0.4, -0.2) is 39.1 Å². The Morgan fingerprint density at radius 3 is 2.94 bits per heavy atom. The molecule has 0 spiro atoms. The summed E-state index contributed by atoms with van der Waals surface area (Å²) in [5.74, 6) is 0.129. The number of halogens is 1. The Bertz CT molecular complexity index is 525. The smallest absolute Gasteiger partial charge is 0.214 e. The molecule has 0 bridgehead atoms. The van der Waals surface area contributed by atoms with Crippen molar-refractivity contribution in [2.45, 2.75) is 18.9 Å². The molecule has 1 unspecified atom stereocenters. The predicted molar refractivity (Wildman–Crippen MR) is 75.9 cm³/mol. The van der Waals surface area contributed by atoms with Crippen LogP contribution >= 0.6 is 22.9 Å². The van der Waals surface area contributed by atoms with Crippen LogP contribution in [0.1, 0.15) is 22.9 Å². The molecule has 1 aliphatic carbocycles. The maximum Gasteiger partial charge on any atom is 0.214 e. The molecule has 102 valence electrons.